The third-order valence-corrected chi connectivity index (χ3v) is 4.25. The highest BCUT2D eigenvalue weighted by Gasteiger charge is 2.21. The van der Waals surface area contributed by atoms with Crippen LogP contribution in [0.3, 0.4) is 0 Å². The SMILES string of the molecule is CCc1ccc(CN(C(=O)c2cccc([N+](=O)[O-])c2)c2ccccn2)cc1. The summed E-state index contributed by atoms with van der Waals surface area (Å²) in [6, 6.07) is 19.1. The number of rotatable bonds is 6. The molecule has 0 atom stereocenters. The summed E-state index contributed by atoms with van der Waals surface area (Å²) in [5.74, 6) is 0.158. The number of aromatic nitrogens is 1. The van der Waals surface area contributed by atoms with Gasteiger partial charge in [-0.25, -0.2) is 4.98 Å². The number of carbonyl (C=O) groups excluding carboxylic acids is 1. The van der Waals surface area contributed by atoms with Crippen LogP contribution in [-0.4, -0.2) is 15.8 Å². The van der Waals surface area contributed by atoms with Crippen molar-refractivity contribution < 1.29 is 9.72 Å². The first-order valence-corrected chi connectivity index (χ1v) is 8.63. The number of nitro groups is 1. The Kier molecular flexibility index (Phi) is 5.56. The van der Waals surface area contributed by atoms with Gasteiger partial charge in [0.05, 0.1) is 11.5 Å². The molecular weight excluding hydrogens is 342 g/mol. The number of carbonyl (C=O) groups is 1. The fourth-order valence-corrected chi connectivity index (χ4v) is 2.74. The predicted molar refractivity (Wildman–Crippen MR) is 104 cm³/mol. The number of hydrogen-bond acceptors (Lipinski definition) is 4. The maximum atomic E-state index is 13.1. The highest BCUT2D eigenvalue weighted by molar-refractivity contribution is 6.05. The summed E-state index contributed by atoms with van der Waals surface area (Å²) in [5, 5.41) is 11.0. The van der Waals surface area contributed by atoms with Crippen molar-refractivity contribution in [2.45, 2.75) is 19.9 Å². The van der Waals surface area contributed by atoms with Gasteiger partial charge in [0.25, 0.3) is 11.6 Å². The molecule has 1 heterocycles. The largest absolute Gasteiger partial charge is 0.288 e. The topological polar surface area (TPSA) is 76.3 Å². The minimum Gasteiger partial charge on any atom is -0.288 e. The van der Waals surface area contributed by atoms with E-state index < -0.39 is 4.92 Å². The summed E-state index contributed by atoms with van der Waals surface area (Å²) in [6.45, 7) is 2.41. The van der Waals surface area contributed by atoms with E-state index in [1.54, 1.807) is 30.5 Å². The monoisotopic (exact) mass is 361 g/mol. The van der Waals surface area contributed by atoms with Crippen molar-refractivity contribution in [3.05, 3.63) is 99.7 Å². The first kappa shape index (κ1) is 18.3. The van der Waals surface area contributed by atoms with Crippen LogP contribution in [0, 0.1) is 10.1 Å². The van der Waals surface area contributed by atoms with Gasteiger partial charge in [-0.1, -0.05) is 43.3 Å². The maximum absolute atomic E-state index is 13.1. The number of hydrogen-bond donors (Lipinski definition) is 0. The number of amides is 1. The Morgan fingerprint density at radius 2 is 1.78 bits per heavy atom. The second kappa shape index (κ2) is 8.23. The van der Waals surface area contributed by atoms with E-state index in [0.29, 0.717) is 12.4 Å². The minimum absolute atomic E-state index is 0.117. The molecule has 0 saturated heterocycles. The first-order chi connectivity index (χ1) is 13.1. The van der Waals surface area contributed by atoms with Crippen molar-refractivity contribution in [1.29, 1.82) is 0 Å². The molecule has 6 nitrogen and oxygen atoms in total. The van der Waals surface area contributed by atoms with Gasteiger partial charge in [0, 0.05) is 23.9 Å². The molecule has 0 bridgehead atoms. The van der Waals surface area contributed by atoms with Gasteiger partial charge in [-0.15, -0.1) is 0 Å². The second-order valence-electron chi connectivity index (χ2n) is 6.06. The van der Waals surface area contributed by atoms with Crippen LogP contribution >= 0.6 is 0 Å². The lowest BCUT2D eigenvalue weighted by molar-refractivity contribution is -0.384. The number of nitrogens with zero attached hydrogens (tertiary/aromatic N) is 3. The van der Waals surface area contributed by atoms with E-state index in [1.807, 2.05) is 24.3 Å². The van der Waals surface area contributed by atoms with Gasteiger partial charge in [0.1, 0.15) is 5.82 Å². The van der Waals surface area contributed by atoms with Crippen molar-refractivity contribution in [3.8, 4) is 0 Å². The van der Waals surface area contributed by atoms with E-state index in [-0.39, 0.29) is 17.2 Å². The van der Waals surface area contributed by atoms with E-state index in [2.05, 4.69) is 11.9 Å². The van der Waals surface area contributed by atoms with Gasteiger partial charge in [-0.3, -0.25) is 19.8 Å². The zero-order chi connectivity index (χ0) is 19.2. The molecule has 0 aliphatic heterocycles. The predicted octanol–water partition coefficient (Wildman–Crippen LogP) is 4.40. The molecule has 3 aromatic rings. The molecular formula is C21H19N3O3. The van der Waals surface area contributed by atoms with Crippen LogP contribution in [0.15, 0.2) is 72.9 Å². The molecule has 0 radical (unpaired) electrons. The molecule has 0 spiro atoms. The maximum Gasteiger partial charge on any atom is 0.270 e. The summed E-state index contributed by atoms with van der Waals surface area (Å²) in [5.41, 5.74) is 2.30. The Hall–Kier alpha value is -3.54. The smallest absolute Gasteiger partial charge is 0.270 e. The van der Waals surface area contributed by atoms with Crippen molar-refractivity contribution in [1.82, 2.24) is 4.98 Å². The summed E-state index contributed by atoms with van der Waals surface area (Å²) in [6.07, 6.45) is 2.56. The number of aryl methyl sites for hydroxylation is 1. The van der Waals surface area contributed by atoms with Gasteiger partial charge < -0.3 is 0 Å². The average Bonchev–Trinajstić information content (AvgIpc) is 2.72. The lowest BCUT2D eigenvalue weighted by atomic mass is 10.1. The van der Waals surface area contributed by atoms with Crippen LogP contribution in [0.5, 0.6) is 0 Å². The van der Waals surface area contributed by atoms with Gasteiger partial charge in [-0.2, -0.15) is 0 Å². The summed E-state index contributed by atoms with van der Waals surface area (Å²) in [7, 11) is 0. The number of nitro benzene ring substituents is 1. The molecule has 3 rings (SSSR count). The highest BCUT2D eigenvalue weighted by atomic mass is 16.6. The summed E-state index contributed by atoms with van der Waals surface area (Å²) >= 11 is 0. The molecule has 0 N–H and O–H groups in total. The normalized spacial score (nSPS) is 10.4. The molecule has 0 unspecified atom stereocenters. The average molecular weight is 361 g/mol. The third kappa shape index (κ3) is 4.36. The Bertz CT molecular complexity index is 940. The quantitative estimate of drug-likeness (QED) is 0.482. The molecule has 0 aliphatic rings. The van der Waals surface area contributed by atoms with E-state index in [0.717, 1.165) is 12.0 Å². The molecule has 0 saturated carbocycles. The lowest BCUT2D eigenvalue weighted by Gasteiger charge is -2.22. The molecule has 1 aromatic heterocycles. The van der Waals surface area contributed by atoms with E-state index >= 15 is 0 Å². The molecule has 1 amide bonds. The Labute approximate surface area is 157 Å². The lowest BCUT2D eigenvalue weighted by Crippen LogP contribution is -2.31. The van der Waals surface area contributed by atoms with Crippen LogP contribution in [0.25, 0.3) is 0 Å². The standard InChI is InChI=1S/C21H19N3O3/c1-2-16-9-11-17(12-10-16)15-23(20-8-3-4-13-22-20)21(25)18-6-5-7-19(14-18)24(26)27/h3-14H,2,15H2,1H3. The number of benzene rings is 2. The molecule has 0 fully saturated rings. The van der Waals surface area contributed by atoms with Crippen molar-refractivity contribution >= 4 is 17.4 Å². The van der Waals surface area contributed by atoms with E-state index in [9.17, 15) is 14.9 Å². The van der Waals surface area contributed by atoms with Gasteiger partial charge in [0.2, 0.25) is 0 Å². The fraction of sp³-hybridized carbons (Fsp3) is 0.143. The Balaban J connectivity index is 1.95. The minimum atomic E-state index is -0.509. The van der Waals surface area contributed by atoms with Crippen molar-refractivity contribution in [3.63, 3.8) is 0 Å². The zero-order valence-corrected chi connectivity index (χ0v) is 14.9. The second-order valence-corrected chi connectivity index (χ2v) is 6.06. The van der Waals surface area contributed by atoms with Crippen LogP contribution in [0.1, 0.15) is 28.4 Å². The zero-order valence-electron chi connectivity index (χ0n) is 14.9. The summed E-state index contributed by atoms with van der Waals surface area (Å²) < 4.78 is 0. The number of pyridine rings is 1. The third-order valence-electron chi connectivity index (χ3n) is 4.25. The molecule has 2 aromatic carbocycles. The number of non-ortho nitro benzene ring substituents is 1. The van der Waals surface area contributed by atoms with Crippen molar-refractivity contribution in [2.75, 3.05) is 4.90 Å². The molecule has 136 valence electrons. The summed E-state index contributed by atoms with van der Waals surface area (Å²) in [4.78, 5) is 29.4. The van der Waals surface area contributed by atoms with Crippen LogP contribution < -0.4 is 4.90 Å². The number of anilines is 1. The van der Waals surface area contributed by atoms with Gasteiger partial charge in [0.15, 0.2) is 0 Å². The fourth-order valence-electron chi connectivity index (χ4n) is 2.74. The van der Waals surface area contributed by atoms with Crippen molar-refractivity contribution in [2.24, 2.45) is 0 Å². The van der Waals surface area contributed by atoms with Gasteiger partial charge in [-0.05, 0) is 35.7 Å². The van der Waals surface area contributed by atoms with Crippen LogP contribution in [0.2, 0.25) is 0 Å². The highest BCUT2D eigenvalue weighted by Crippen LogP contribution is 2.21. The Morgan fingerprint density at radius 1 is 1.04 bits per heavy atom. The van der Waals surface area contributed by atoms with Crippen LogP contribution in [0.4, 0.5) is 11.5 Å². The van der Waals surface area contributed by atoms with Crippen LogP contribution in [-0.2, 0) is 13.0 Å². The van der Waals surface area contributed by atoms with E-state index in [1.165, 1.54) is 28.7 Å². The molecule has 0 aliphatic carbocycles. The first-order valence-electron chi connectivity index (χ1n) is 8.63. The Morgan fingerprint density at radius 3 is 2.41 bits per heavy atom. The van der Waals surface area contributed by atoms with E-state index in [4.69, 9.17) is 0 Å². The molecule has 6 heteroatoms. The molecule has 27 heavy (non-hydrogen) atoms. The van der Waals surface area contributed by atoms with Gasteiger partial charge >= 0.3 is 0 Å².